The van der Waals surface area contributed by atoms with Gasteiger partial charge in [0.2, 0.25) is 17.7 Å². The molecule has 0 saturated carbocycles. The van der Waals surface area contributed by atoms with Crippen LogP contribution in [0.3, 0.4) is 0 Å². The van der Waals surface area contributed by atoms with Crippen LogP contribution in [-0.4, -0.2) is 29.8 Å². The molecule has 0 fully saturated rings. The molecule has 0 aromatic carbocycles. The van der Waals surface area contributed by atoms with Crippen molar-refractivity contribution in [3.05, 3.63) is 0 Å². The molecular formula is C10H20N4O3. The van der Waals surface area contributed by atoms with Gasteiger partial charge < -0.3 is 22.5 Å². The Balaban J connectivity index is 4.39. The van der Waals surface area contributed by atoms with Crippen LogP contribution in [-0.2, 0) is 14.4 Å². The Morgan fingerprint density at radius 2 is 1.71 bits per heavy atom. The number of carbonyl (C=O) groups excluding carboxylic acids is 3. The Morgan fingerprint density at radius 3 is 2.06 bits per heavy atom. The smallest absolute Gasteiger partial charge is 0.240 e. The molecule has 0 unspecified atom stereocenters. The van der Waals surface area contributed by atoms with E-state index in [-0.39, 0.29) is 12.3 Å². The molecule has 3 amide bonds. The van der Waals surface area contributed by atoms with Crippen LogP contribution in [0.5, 0.6) is 0 Å². The van der Waals surface area contributed by atoms with Crippen LogP contribution in [0.2, 0.25) is 0 Å². The van der Waals surface area contributed by atoms with Crippen LogP contribution in [0.4, 0.5) is 0 Å². The maximum atomic E-state index is 11.6. The number of nitrogens with two attached hydrogens (primary N) is 3. The minimum atomic E-state index is -1.10. The van der Waals surface area contributed by atoms with E-state index in [1.807, 2.05) is 13.8 Å². The summed E-state index contributed by atoms with van der Waals surface area (Å²) in [6.45, 7) is 3.84. The van der Waals surface area contributed by atoms with Crippen molar-refractivity contribution in [1.29, 1.82) is 0 Å². The molecule has 7 heteroatoms. The summed E-state index contributed by atoms with van der Waals surface area (Å²) in [6.07, 6.45) is 0.156. The second-order valence-electron chi connectivity index (χ2n) is 4.37. The molecule has 0 aromatic heterocycles. The van der Waals surface area contributed by atoms with Crippen molar-refractivity contribution in [2.45, 2.75) is 38.8 Å². The molecule has 0 aliphatic rings. The van der Waals surface area contributed by atoms with Gasteiger partial charge in [0.1, 0.15) is 6.04 Å². The topological polar surface area (TPSA) is 141 Å². The van der Waals surface area contributed by atoms with Crippen molar-refractivity contribution < 1.29 is 14.4 Å². The Kier molecular flexibility index (Phi) is 6.19. The van der Waals surface area contributed by atoms with E-state index in [4.69, 9.17) is 17.2 Å². The van der Waals surface area contributed by atoms with E-state index in [0.717, 1.165) is 0 Å². The molecule has 0 aliphatic heterocycles. The molecule has 17 heavy (non-hydrogen) atoms. The van der Waals surface area contributed by atoms with Crippen molar-refractivity contribution in [3.8, 4) is 0 Å². The van der Waals surface area contributed by atoms with Crippen molar-refractivity contribution in [3.63, 3.8) is 0 Å². The zero-order valence-electron chi connectivity index (χ0n) is 10.1. The number of rotatable bonds is 7. The average Bonchev–Trinajstić information content (AvgIpc) is 2.14. The Labute approximate surface area is 100 Å². The fraction of sp³-hybridized carbons (Fsp3) is 0.700. The van der Waals surface area contributed by atoms with Gasteiger partial charge in [0, 0.05) is 0 Å². The van der Waals surface area contributed by atoms with Crippen LogP contribution in [0.25, 0.3) is 0 Å². The molecule has 7 N–H and O–H groups in total. The van der Waals surface area contributed by atoms with Gasteiger partial charge in [0.15, 0.2) is 0 Å². The summed E-state index contributed by atoms with van der Waals surface area (Å²) in [5.74, 6) is -1.79. The van der Waals surface area contributed by atoms with E-state index in [9.17, 15) is 14.4 Å². The molecule has 0 saturated heterocycles. The van der Waals surface area contributed by atoms with Crippen molar-refractivity contribution in [2.24, 2.45) is 23.1 Å². The summed E-state index contributed by atoms with van der Waals surface area (Å²) in [7, 11) is 0. The van der Waals surface area contributed by atoms with Gasteiger partial charge in [-0.3, -0.25) is 14.4 Å². The first-order chi connectivity index (χ1) is 7.73. The van der Waals surface area contributed by atoms with E-state index in [2.05, 4.69) is 5.32 Å². The number of primary amides is 2. The minimum Gasteiger partial charge on any atom is -0.370 e. The summed E-state index contributed by atoms with van der Waals surface area (Å²) in [4.78, 5) is 33.2. The molecule has 0 aromatic rings. The maximum absolute atomic E-state index is 11.6. The van der Waals surface area contributed by atoms with Crippen LogP contribution in [0.1, 0.15) is 26.7 Å². The highest BCUT2D eigenvalue weighted by Crippen LogP contribution is 2.03. The summed E-state index contributed by atoms with van der Waals surface area (Å²) in [5.41, 5.74) is 15.6. The van der Waals surface area contributed by atoms with Gasteiger partial charge in [-0.15, -0.1) is 0 Å². The van der Waals surface area contributed by atoms with Gasteiger partial charge in [0.25, 0.3) is 0 Å². The normalized spacial score (nSPS) is 14.1. The molecule has 2 atom stereocenters. The third-order valence-corrected chi connectivity index (χ3v) is 2.13. The third kappa shape index (κ3) is 6.52. The largest absolute Gasteiger partial charge is 0.370 e. The Hall–Kier alpha value is -1.63. The fourth-order valence-corrected chi connectivity index (χ4v) is 1.32. The molecular weight excluding hydrogens is 224 g/mol. The van der Waals surface area contributed by atoms with Crippen LogP contribution in [0.15, 0.2) is 0 Å². The SMILES string of the molecule is CC(C)C[C@H](N)C(=O)N[C@@H](CC(N)=O)C(N)=O. The molecule has 98 valence electrons. The molecule has 0 aliphatic carbocycles. The van der Waals surface area contributed by atoms with Crippen molar-refractivity contribution in [1.82, 2.24) is 5.32 Å². The molecule has 0 heterocycles. The molecule has 7 nitrogen and oxygen atoms in total. The van der Waals surface area contributed by atoms with Crippen LogP contribution < -0.4 is 22.5 Å². The average molecular weight is 244 g/mol. The van der Waals surface area contributed by atoms with E-state index < -0.39 is 29.8 Å². The summed E-state index contributed by atoms with van der Waals surface area (Å²) in [6, 6.07) is -1.83. The molecule has 0 bridgehead atoms. The van der Waals surface area contributed by atoms with Gasteiger partial charge in [-0.1, -0.05) is 13.8 Å². The monoisotopic (exact) mass is 244 g/mol. The first-order valence-corrected chi connectivity index (χ1v) is 5.37. The minimum absolute atomic E-state index is 0.249. The number of hydrogen-bond donors (Lipinski definition) is 4. The molecule has 0 radical (unpaired) electrons. The van der Waals surface area contributed by atoms with E-state index in [1.165, 1.54) is 0 Å². The van der Waals surface area contributed by atoms with E-state index in [0.29, 0.717) is 6.42 Å². The highest BCUT2D eigenvalue weighted by Gasteiger charge is 2.23. The Morgan fingerprint density at radius 1 is 1.18 bits per heavy atom. The molecule has 0 spiro atoms. The third-order valence-electron chi connectivity index (χ3n) is 2.13. The van der Waals surface area contributed by atoms with E-state index >= 15 is 0 Å². The number of carbonyl (C=O) groups is 3. The van der Waals surface area contributed by atoms with Gasteiger partial charge in [0.05, 0.1) is 12.5 Å². The zero-order valence-corrected chi connectivity index (χ0v) is 10.1. The van der Waals surface area contributed by atoms with Crippen LogP contribution in [0, 0.1) is 5.92 Å². The van der Waals surface area contributed by atoms with E-state index in [1.54, 1.807) is 0 Å². The number of hydrogen-bond acceptors (Lipinski definition) is 4. The first-order valence-electron chi connectivity index (χ1n) is 5.37. The molecule has 0 rings (SSSR count). The second kappa shape index (κ2) is 6.85. The maximum Gasteiger partial charge on any atom is 0.240 e. The van der Waals surface area contributed by atoms with Gasteiger partial charge >= 0.3 is 0 Å². The fourth-order valence-electron chi connectivity index (χ4n) is 1.32. The first kappa shape index (κ1) is 15.4. The lowest BCUT2D eigenvalue weighted by Gasteiger charge is -2.18. The second-order valence-corrected chi connectivity index (χ2v) is 4.37. The number of nitrogens with one attached hydrogen (secondary N) is 1. The lowest BCUT2D eigenvalue weighted by Crippen LogP contribution is -2.51. The summed E-state index contributed by atoms with van der Waals surface area (Å²) >= 11 is 0. The standard InChI is InChI=1S/C10H20N4O3/c1-5(2)3-6(11)10(17)14-7(9(13)16)4-8(12)15/h5-7H,3-4,11H2,1-2H3,(H2,12,15)(H2,13,16)(H,14,17)/t6-,7-/m0/s1. The van der Waals surface area contributed by atoms with Crippen molar-refractivity contribution >= 4 is 17.7 Å². The lowest BCUT2D eigenvalue weighted by atomic mass is 10.0. The van der Waals surface area contributed by atoms with Gasteiger partial charge in [-0.2, -0.15) is 0 Å². The predicted molar refractivity (Wildman–Crippen MR) is 62.4 cm³/mol. The number of amides is 3. The summed E-state index contributed by atoms with van der Waals surface area (Å²) in [5, 5.41) is 2.31. The predicted octanol–water partition coefficient (Wildman–Crippen LogP) is -1.79. The highest BCUT2D eigenvalue weighted by molar-refractivity contribution is 5.92. The van der Waals surface area contributed by atoms with Crippen LogP contribution >= 0.6 is 0 Å². The zero-order chi connectivity index (χ0) is 13.6. The van der Waals surface area contributed by atoms with Crippen molar-refractivity contribution in [2.75, 3.05) is 0 Å². The van der Waals surface area contributed by atoms with Gasteiger partial charge in [-0.25, -0.2) is 0 Å². The van der Waals surface area contributed by atoms with Gasteiger partial charge in [-0.05, 0) is 12.3 Å². The quantitative estimate of drug-likeness (QED) is 0.419. The summed E-state index contributed by atoms with van der Waals surface area (Å²) < 4.78 is 0. The highest BCUT2D eigenvalue weighted by atomic mass is 16.2. The lowest BCUT2D eigenvalue weighted by molar-refractivity contribution is -0.130. The Bertz CT molecular complexity index is 304.